The van der Waals surface area contributed by atoms with Crippen LogP contribution in [0.2, 0.25) is 0 Å². The Balaban J connectivity index is 5.42. The molecule has 0 aliphatic heterocycles. The van der Waals surface area contributed by atoms with Crippen molar-refractivity contribution in [2.45, 2.75) is 88.5 Å². The van der Waals surface area contributed by atoms with Crippen molar-refractivity contribution < 1.29 is 14.5 Å². The standard InChI is InChI=1S/C21H39NO4/c1-11-26-17(23)21(9,10)15-19(5,6)13-12-16(22(24)25)20(7,8)14-18(2,3)4/h12H,11,13-15H2,1-10H3/b16-12+. The Morgan fingerprint density at radius 3 is 1.85 bits per heavy atom. The molecule has 26 heavy (non-hydrogen) atoms. The van der Waals surface area contributed by atoms with Gasteiger partial charge in [-0.1, -0.05) is 34.6 Å². The van der Waals surface area contributed by atoms with Gasteiger partial charge < -0.3 is 4.74 Å². The van der Waals surface area contributed by atoms with Gasteiger partial charge in [-0.3, -0.25) is 14.9 Å². The summed E-state index contributed by atoms with van der Waals surface area (Å²) in [5.74, 6) is -0.223. The fourth-order valence-electron chi connectivity index (χ4n) is 4.05. The van der Waals surface area contributed by atoms with Gasteiger partial charge in [-0.15, -0.1) is 0 Å². The number of nitro groups is 1. The lowest BCUT2D eigenvalue weighted by molar-refractivity contribution is -0.441. The van der Waals surface area contributed by atoms with E-state index in [-0.39, 0.29) is 27.4 Å². The van der Waals surface area contributed by atoms with Crippen molar-refractivity contribution in [2.24, 2.45) is 21.7 Å². The van der Waals surface area contributed by atoms with Crippen LogP contribution in [0.3, 0.4) is 0 Å². The van der Waals surface area contributed by atoms with Crippen LogP contribution in [0.25, 0.3) is 0 Å². The third-order valence-electron chi connectivity index (χ3n) is 4.46. The molecule has 0 heterocycles. The highest BCUT2D eigenvalue weighted by Crippen LogP contribution is 2.42. The molecule has 0 atom stereocenters. The average Bonchev–Trinajstić information content (AvgIpc) is 2.33. The van der Waals surface area contributed by atoms with Gasteiger partial charge in [0.15, 0.2) is 0 Å². The highest BCUT2D eigenvalue weighted by molar-refractivity contribution is 5.75. The molecule has 0 amide bonds. The molecule has 0 N–H and O–H groups in total. The Morgan fingerprint density at radius 2 is 1.46 bits per heavy atom. The van der Waals surface area contributed by atoms with Crippen molar-refractivity contribution in [3.63, 3.8) is 0 Å². The van der Waals surface area contributed by atoms with Crippen LogP contribution in [0.1, 0.15) is 88.5 Å². The summed E-state index contributed by atoms with van der Waals surface area (Å²) in [6.07, 6.45) is 3.62. The number of ether oxygens (including phenoxy) is 1. The summed E-state index contributed by atoms with van der Waals surface area (Å²) in [5.41, 5.74) is -1.14. The summed E-state index contributed by atoms with van der Waals surface area (Å²) >= 11 is 0. The minimum absolute atomic E-state index is 0.0000193. The molecule has 5 nitrogen and oxygen atoms in total. The maximum atomic E-state index is 12.2. The Bertz CT molecular complexity index is 537. The lowest BCUT2D eigenvalue weighted by atomic mass is 9.71. The van der Waals surface area contributed by atoms with E-state index < -0.39 is 10.8 Å². The summed E-state index contributed by atoms with van der Waals surface area (Å²) in [5, 5.41) is 11.7. The van der Waals surface area contributed by atoms with E-state index in [1.54, 1.807) is 13.0 Å². The summed E-state index contributed by atoms with van der Waals surface area (Å²) in [6, 6.07) is 0. The van der Waals surface area contributed by atoms with Crippen LogP contribution in [0.5, 0.6) is 0 Å². The zero-order valence-corrected chi connectivity index (χ0v) is 18.5. The predicted molar refractivity (Wildman–Crippen MR) is 106 cm³/mol. The van der Waals surface area contributed by atoms with Gasteiger partial charge in [0.2, 0.25) is 5.70 Å². The smallest absolute Gasteiger partial charge is 0.311 e. The third kappa shape index (κ3) is 8.33. The monoisotopic (exact) mass is 369 g/mol. The van der Waals surface area contributed by atoms with Gasteiger partial charge in [-0.2, -0.15) is 0 Å². The highest BCUT2D eigenvalue weighted by atomic mass is 16.6. The minimum Gasteiger partial charge on any atom is -0.466 e. The first-order valence-electron chi connectivity index (χ1n) is 9.46. The maximum Gasteiger partial charge on any atom is 0.311 e. The number of carbonyl (C=O) groups is 1. The number of esters is 1. The molecule has 0 bridgehead atoms. The van der Waals surface area contributed by atoms with Gasteiger partial charge in [0.25, 0.3) is 0 Å². The van der Waals surface area contributed by atoms with Crippen LogP contribution in [-0.4, -0.2) is 17.5 Å². The van der Waals surface area contributed by atoms with Gasteiger partial charge in [0, 0.05) is 0 Å². The van der Waals surface area contributed by atoms with E-state index in [0.717, 1.165) is 6.42 Å². The number of rotatable bonds is 9. The summed E-state index contributed by atoms with van der Waals surface area (Å²) < 4.78 is 5.16. The Morgan fingerprint density at radius 1 is 0.962 bits per heavy atom. The van der Waals surface area contributed by atoms with Gasteiger partial charge >= 0.3 is 5.97 Å². The number of hydrogen-bond acceptors (Lipinski definition) is 4. The van der Waals surface area contributed by atoms with E-state index in [4.69, 9.17) is 4.74 Å². The zero-order chi connectivity index (χ0) is 21.0. The fourth-order valence-corrected chi connectivity index (χ4v) is 4.05. The summed E-state index contributed by atoms with van der Waals surface area (Å²) in [7, 11) is 0. The van der Waals surface area contributed by atoms with E-state index in [0.29, 0.717) is 19.4 Å². The van der Waals surface area contributed by atoms with E-state index in [1.165, 1.54) is 0 Å². The Kier molecular flexibility index (Phi) is 8.08. The molecular weight excluding hydrogens is 330 g/mol. The molecule has 0 spiro atoms. The first kappa shape index (κ1) is 24.6. The topological polar surface area (TPSA) is 69.4 Å². The van der Waals surface area contributed by atoms with Crippen molar-refractivity contribution in [2.75, 3.05) is 6.61 Å². The zero-order valence-electron chi connectivity index (χ0n) is 18.5. The van der Waals surface area contributed by atoms with E-state index in [9.17, 15) is 14.9 Å². The normalized spacial score (nSPS) is 14.3. The Labute approximate surface area is 159 Å². The second-order valence-electron chi connectivity index (χ2n) is 10.6. The lowest BCUT2D eigenvalue weighted by Crippen LogP contribution is -2.32. The lowest BCUT2D eigenvalue weighted by Gasteiger charge is -2.33. The molecular formula is C21H39NO4. The molecule has 0 aromatic heterocycles. The molecule has 0 aliphatic rings. The molecule has 0 rings (SSSR count). The van der Waals surface area contributed by atoms with Crippen LogP contribution in [0.4, 0.5) is 0 Å². The molecule has 5 heteroatoms. The molecule has 0 saturated heterocycles. The quantitative estimate of drug-likeness (QED) is 0.284. The van der Waals surface area contributed by atoms with E-state index in [1.807, 2.05) is 41.5 Å². The molecule has 0 unspecified atom stereocenters. The predicted octanol–water partition coefficient (Wildman–Crippen LogP) is 6.01. The highest BCUT2D eigenvalue weighted by Gasteiger charge is 2.39. The van der Waals surface area contributed by atoms with Gasteiger partial charge in [0.1, 0.15) is 0 Å². The van der Waals surface area contributed by atoms with Gasteiger partial charge in [-0.25, -0.2) is 0 Å². The van der Waals surface area contributed by atoms with Crippen LogP contribution < -0.4 is 0 Å². The number of carbonyl (C=O) groups excluding carboxylic acids is 1. The maximum absolute atomic E-state index is 12.2. The Hall–Kier alpha value is -1.39. The van der Waals surface area contributed by atoms with Crippen LogP contribution in [0.15, 0.2) is 11.8 Å². The van der Waals surface area contributed by atoms with Crippen molar-refractivity contribution in [3.05, 3.63) is 21.9 Å². The molecule has 0 aromatic carbocycles. The van der Waals surface area contributed by atoms with Crippen molar-refractivity contribution in [1.29, 1.82) is 0 Å². The first-order chi connectivity index (χ1) is 11.4. The van der Waals surface area contributed by atoms with Crippen molar-refractivity contribution in [1.82, 2.24) is 0 Å². The molecule has 0 fully saturated rings. The molecule has 0 aromatic rings. The van der Waals surface area contributed by atoms with Crippen LogP contribution in [0, 0.1) is 31.8 Å². The average molecular weight is 370 g/mol. The molecule has 0 aliphatic carbocycles. The van der Waals surface area contributed by atoms with Crippen molar-refractivity contribution >= 4 is 5.97 Å². The number of allylic oxidation sites excluding steroid dienone is 2. The summed E-state index contributed by atoms with van der Waals surface area (Å²) in [6.45, 7) is 20.1. The third-order valence-corrected chi connectivity index (χ3v) is 4.46. The number of hydrogen-bond donors (Lipinski definition) is 0. The molecule has 152 valence electrons. The minimum atomic E-state index is -0.622. The first-order valence-corrected chi connectivity index (χ1v) is 9.46. The molecule has 0 saturated carbocycles. The van der Waals surface area contributed by atoms with Crippen LogP contribution in [-0.2, 0) is 9.53 Å². The second kappa shape index (κ2) is 8.53. The fraction of sp³-hybridized carbons (Fsp3) is 0.857. The van der Waals surface area contributed by atoms with Crippen LogP contribution >= 0.6 is 0 Å². The number of nitrogens with zero attached hydrogens (tertiary/aromatic N) is 1. The van der Waals surface area contributed by atoms with E-state index in [2.05, 4.69) is 20.8 Å². The molecule has 0 radical (unpaired) electrons. The van der Waals surface area contributed by atoms with Gasteiger partial charge in [-0.05, 0) is 70.8 Å². The SMILES string of the molecule is CCOC(=O)C(C)(C)CC(C)(C)C/C=C(/[N+](=O)[O-])C(C)(C)CC(C)(C)C. The summed E-state index contributed by atoms with van der Waals surface area (Å²) in [4.78, 5) is 23.6. The van der Waals surface area contributed by atoms with E-state index >= 15 is 0 Å². The second-order valence-corrected chi connectivity index (χ2v) is 10.6. The largest absolute Gasteiger partial charge is 0.466 e. The van der Waals surface area contributed by atoms with Gasteiger partial charge in [0.05, 0.1) is 22.4 Å². The van der Waals surface area contributed by atoms with Crippen molar-refractivity contribution in [3.8, 4) is 0 Å².